The second-order valence-electron chi connectivity index (χ2n) is 4.29. The van der Waals surface area contributed by atoms with Crippen molar-refractivity contribution in [1.29, 1.82) is 0 Å². The maximum Gasteiger partial charge on any atom is 0.159 e. The zero-order chi connectivity index (χ0) is 12.7. The number of nitrogens with one attached hydrogen (secondary N) is 2. The summed E-state index contributed by atoms with van der Waals surface area (Å²) in [6.45, 7) is 4.03. The minimum atomic E-state index is 0.778. The van der Waals surface area contributed by atoms with E-state index in [1.165, 1.54) is 0 Å². The average molecular weight is 242 g/mol. The quantitative estimate of drug-likeness (QED) is 0.725. The molecule has 5 heteroatoms. The molecular formula is C13H14N4O. The molecule has 3 rings (SSSR count). The number of hydrogen-bond acceptors (Lipinski definition) is 3. The SMILES string of the molecule is COc1ccc2nc(-c3n[nH]c(C)c3C)[nH]c2c1. The molecule has 0 radical (unpaired) electrons. The van der Waals surface area contributed by atoms with Crippen molar-refractivity contribution in [3.8, 4) is 17.3 Å². The zero-order valence-electron chi connectivity index (χ0n) is 10.5. The lowest BCUT2D eigenvalue weighted by molar-refractivity contribution is 0.415. The summed E-state index contributed by atoms with van der Waals surface area (Å²) in [6.07, 6.45) is 0. The molecule has 0 saturated heterocycles. The highest BCUT2D eigenvalue weighted by Crippen LogP contribution is 2.25. The van der Waals surface area contributed by atoms with Crippen molar-refractivity contribution in [3.63, 3.8) is 0 Å². The van der Waals surface area contributed by atoms with Gasteiger partial charge < -0.3 is 9.72 Å². The molecule has 0 fully saturated rings. The van der Waals surface area contributed by atoms with Crippen LogP contribution in [-0.4, -0.2) is 27.3 Å². The van der Waals surface area contributed by atoms with Gasteiger partial charge in [-0.25, -0.2) is 4.98 Å². The fourth-order valence-electron chi connectivity index (χ4n) is 1.94. The van der Waals surface area contributed by atoms with Crippen LogP contribution in [0.25, 0.3) is 22.6 Å². The summed E-state index contributed by atoms with van der Waals surface area (Å²) in [5, 5.41) is 7.24. The molecule has 5 nitrogen and oxygen atoms in total. The standard InChI is InChI=1S/C13H14N4O/c1-7-8(2)16-17-12(7)13-14-10-5-4-9(18-3)6-11(10)15-13/h4-6H,1-3H3,(H,14,15)(H,16,17). The molecule has 0 atom stereocenters. The fourth-order valence-corrected chi connectivity index (χ4v) is 1.94. The molecule has 0 amide bonds. The molecule has 0 spiro atoms. The van der Waals surface area contributed by atoms with Gasteiger partial charge in [-0.2, -0.15) is 5.10 Å². The molecule has 2 N–H and O–H groups in total. The van der Waals surface area contributed by atoms with Gasteiger partial charge in [0.2, 0.25) is 0 Å². The van der Waals surface area contributed by atoms with Crippen LogP contribution >= 0.6 is 0 Å². The van der Waals surface area contributed by atoms with Gasteiger partial charge in [0.05, 0.1) is 18.1 Å². The lowest BCUT2D eigenvalue weighted by atomic mass is 10.2. The van der Waals surface area contributed by atoms with E-state index < -0.39 is 0 Å². The van der Waals surface area contributed by atoms with E-state index in [0.717, 1.165) is 39.6 Å². The zero-order valence-corrected chi connectivity index (χ0v) is 10.5. The van der Waals surface area contributed by atoms with Crippen LogP contribution in [0.3, 0.4) is 0 Å². The molecule has 2 aromatic heterocycles. The van der Waals surface area contributed by atoms with E-state index in [1.807, 2.05) is 32.0 Å². The molecule has 18 heavy (non-hydrogen) atoms. The number of ether oxygens (including phenoxy) is 1. The summed E-state index contributed by atoms with van der Waals surface area (Å²) in [4.78, 5) is 7.81. The molecule has 0 aliphatic heterocycles. The van der Waals surface area contributed by atoms with Crippen LogP contribution in [-0.2, 0) is 0 Å². The number of H-pyrrole nitrogens is 2. The maximum absolute atomic E-state index is 5.20. The number of aromatic nitrogens is 4. The van der Waals surface area contributed by atoms with E-state index in [2.05, 4.69) is 20.2 Å². The molecule has 0 aliphatic rings. The summed E-state index contributed by atoms with van der Waals surface area (Å²) in [6, 6.07) is 5.76. The smallest absolute Gasteiger partial charge is 0.159 e. The largest absolute Gasteiger partial charge is 0.497 e. The lowest BCUT2D eigenvalue weighted by Gasteiger charge is -1.96. The molecule has 2 heterocycles. The first-order chi connectivity index (χ1) is 8.69. The van der Waals surface area contributed by atoms with Gasteiger partial charge in [-0.05, 0) is 26.0 Å². The number of nitrogens with zero attached hydrogens (tertiary/aromatic N) is 2. The molecule has 1 aromatic carbocycles. The predicted molar refractivity (Wildman–Crippen MR) is 69.7 cm³/mol. The first-order valence-corrected chi connectivity index (χ1v) is 5.74. The third kappa shape index (κ3) is 1.55. The Bertz CT molecular complexity index is 711. The van der Waals surface area contributed by atoms with Crippen LogP contribution < -0.4 is 4.74 Å². The van der Waals surface area contributed by atoms with Crippen LogP contribution in [0.1, 0.15) is 11.3 Å². The third-order valence-electron chi connectivity index (χ3n) is 3.17. The first kappa shape index (κ1) is 10.8. The van der Waals surface area contributed by atoms with Gasteiger partial charge in [-0.1, -0.05) is 0 Å². The van der Waals surface area contributed by atoms with Gasteiger partial charge in [0.25, 0.3) is 0 Å². The van der Waals surface area contributed by atoms with Gasteiger partial charge >= 0.3 is 0 Å². The number of aromatic amines is 2. The van der Waals surface area contributed by atoms with Crippen molar-refractivity contribution < 1.29 is 4.74 Å². The highest BCUT2D eigenvalue weighted by molar-refractivity contribution is 5.80. The van der Waals surface area contributed by atoms with Crippen molar-refractivity contribution in [2.24, 2.45) is 0 Å². The topological polar surface area (TPSA) is 66.6 Å². The minimum absolute atomic E-state index is 0.778. The Morgan fingerprint density at radius 2 is 2.06 bits per heavy atom. The summed E-state index contributed by atoms with van der Waals surface area (Å²) < 4.78 is 5.20. The van der Waals surface area contributed by atoms with E-state index in [0.29, 0.717) is 0 Å². The number of imidazole rings is 1. The number of fused-ring (bicyclic) bond motifs is 1. The molecule has 3 aromatic rings. The van der Waals surface area contributed by atoms with Crippen LogP contribution in [0, 0.1) is 13.8 Å². The van der Waals surface area contributed by atoms with Crippen molar-refractivity contribution in [3.05, 3.63) is 29.5 Å². The Hall–Kier alpha value is -2.30. The molecule has 0 saturated carbocycles. The summed E-state index contributed by atoms with van der Waals surface area (Å²) in [5.74, 6) is 1.59. The van der Waals surface area contributed by atoms with E-state index in [1.54, 1.807) is 7.11 Å². The van der Waals surface area contributed by atoms with Gasteiger partial charge in [-0.15, -0.1) is 0 Å². The maximum atomic E-state index is 5.20. The Balaban J connectivity index is 2.16. The normalized spacial score (nSPS) is 11.1. The number of aryl methyl sites for hydroxylation is 1. The first-order valence-electron chi connectivity index (χ1n) is 5.74. The second-order valence-corrected chi connectivity index (χ2v) is 4.29. The van der Waals surface area contributed by atoms with Crippen LogP contribution in [0.5, 0.6) is 5.75 Å². The molecule has 0 unspecified atom stereocenters. The average Bonchev–Trinajstić information content (AvgIpc) is 2.93. The number of benzene rings is 1. The molecule has 0 bridgehead atoms. The van der Waals surface area contributed by atoms with Gasteiger partial charge in [0.15, 0.2) is 5.82 Å². The number of rotatable bonds is 2. The molecule has 92 valence electrons. The summed E-state index contributed by atoms with van der Waals surface area (Å²) >= 11 is 0. The van der Waals surface area contributed by atoms with E-state index in [4.69, 9.17) is 4.74 Å². The Morgan fingerprint density at radius 1 is 1.22 bits per heavy atom. The molecular weight excluding hydrogens is 228 g/mol. The Kier molecular flexibility index (Phi) is 2.33. The van der Waals surface area contributed by atoms with Crippen molar-refractivity contribution in [2.75, 3.05) is 7.11 Å². The van der Waals surface area contributed by atoms with Crippen LogP contribution in [0.15, 0.2) is 18.2 Å². The third-order valence-corrected chi connectivity index (χ3v) is 3.17. The second kappa shape index (κ2) is 3.87. The molecule has 0 aliphatic carbocycles. The van der Waals surface area contributed by atoms with Gasteiger partial charge in [0, 0.05) is 17.3 Å². The van der Waals surface area contributed by atoms with Gasteiger partial charge in [-0.3, -0.25) is 5.10 Å². The minimum Gasteiger partial charge on any atom is -0.497 e. The Labute approximate surface area is 104 Å². The van der Waals surface area contributed by atoms with Crippen molar-refractivity contribution >= 4 is 11.0 Å². The van der Waals surface area contributed by atoms with Gasteiger partial charge in [0.1, 0.15) is 11.4 Å². The fraction of sp³-hybridized carbons (Fsp3) is 0.231. The number of hydrogen-bond donors (Lipinski definition) is 2. The monoisotopic (exact) mass is 242 g/mol. The van der Waals surface area contributed by atoms with Crippen molar-refractivity contribution in [2.45, 2.75) is 13.8 Å². The highest BCUT2D eigenvalue weighted by atomic mass is 16.5. The van der Waals surface area contributed by atoms with Crippen molar-refractivity contribution in [1.82, 2.24) is 20.2 Å². The number of methoxy groups -OCH3 is 1. The highest BCUT2D eigenvalue weighted by Gasteiger charge is 2.12. The van der Waals surface area contributed by atoms with Crippen LogP contribution in [0.2, 0.25) is 0 Å². The lowest BCUT2D eigenvalue weighted by Crippen LogP contribution is -1.83. The summed E-state index contributed by atoms with van der Waals surface area (Å²) in [5.41, 5.74) is 4.89. The van der Waals surface area contributed by atoms with Crippen LogP contribution in [0.4, 0.5) is 0 Å². The van der Waals surface area contributed by atoms with E-state index in [9.17, 15) is 0 Å². The Morgan fingerprint density at radius 3 is 2.72 bits per heavy atom. The summed E-state index contributed by atoms with van der Waals surface area (Å²) in [7, 11) is 1.65. The van der Waals surface area contributed by atoms with E-state index in [-0.39, 0.29) is 0 Å². The predicted octanol–water partition coefficient (Wildman–Crippen LogP) is 2.58. The van der Waals surface area contributed by atoms with E-state index >= 15 is 0 Å².